The third-order valence-electron chi connectivity index (χ3n) is 10.0. The van der Waals surface area contributed by atoms with Crippen LogP contribution >= 0.6 is 0 Å². The van der Waals surface area contributed by atoms with Crippen molar-refractivity contribution in [3.8, 4) is 50.8 Å². The van der Waals surface area contributed by atoms with Gasteiger partial charge in [0.15, 0.2) is 0 Å². The molecule has 10 rings (SSSR count). The Morgan fingerprint density at radius 1 is 0.500 bits per heavy atom. The van der Waals surface area contributed by atoms with E-state index in [9.17, 15) is 0 Å². The van der Waals surface area contributed by atoms with E-state index in [0.29, 0.717) is 0 Å². The molecule has 0 bridgehead atoms. The summed E-state index contributed by atoms with van der Waals surface area (Å²) in [5.74, 6) is 2.65. The Bertz CT molecular complexity index is 2550. The summed E-state index contributed by atoms with van der Waals surface area (Å²) >= 11 is 0. The standard InChI is InChI=1S/C44H29N3O/c45-31-21-18-28(19-22-31)30-20-25-42-38(26-30)44(36-14-6-9-17-41(36)48-42)35-13-5-4-12-33(35)34-24-23-32(27-37(34)44)47-40-16-8-7-15-39(40)46-43(47)29-10-2-1-3-11-29/h1-27H,45H2. The van der Waals surface area contributed by atoms with Gasteiger partial charge in [-0.25, -0.2) is 4.98 Å². The molecule has 2 aliphatic rings. The average Bonchev–Trinajstić information content (AvgIpc) is 3.67. The van der Waals surface area contributed by atoms with Gasteiger partial charge in [0.25, 0.3) is 0 Å². The Morgan fingerprint density at radius 2 is 1.19 bits per heavy atom. The lowest BCUT2D eigenvalue weighted by molar-refractivity contribution is 0.436. The van der Waals surface area contributed by atoms with Gasteiger partial charge in [0.2, 0.25) is 0 Å². The first-order valence-electron chi connectivity index (χ1n) is 16.3. The summed E-state index contributed by atoms with van der Waals surface area (Å²) in [6, 6.07) is 57.8. The van der Waals surface area contributed by atoms with Gasteiger partial charge in [0.05, 0.1) is 16.4 Å². The highest BCUT2D eigenvalue weighted by Gasteiger charge is 2.51. The Balaban J connectivity index is 1.30. The largest absolute Gasteiger partial charge is 0.457 e. The van der Waals surface area contributed by atoms with E-state index in [-0.39, 0.29) is 0 Å². The van der Waals surface area contributed by atoms with Crippen LogP contribution in [0.25, 0.3) is 50.4 Å². The van der Waals surface area contributed by atoms with Crippen LogP contribution in [-0.4, -0.2) is 9.55 Å². The quantitative estimate of drug-likeness (QED) is 0.201. The van der Waals surface area contributed by atoms with Crippen LogP contribution in [0.4, 0.5) is 5.69 Å². The minimum atomic E-state index is -0.612. The third-order valence-corrected chi connectivity index (χ3v) is 10.0. The summed E-state index contributed by atoms with van der Waals surface area (Å²) in [6.45, 7) is 0. The first kappa shape index (κ1) is 26.8. The molecule has 4 nitrogen and oxygen atoms in total. The predicted octanol–water partition coefficient (Wildman–Crippen LogP) is 10.4. The number of hydrogen-bond donors (Lipinski definition) is 1. The van der Waals surface area contributed by atoms with E-state index in [2.05, 4.69) is 150 Å². The smallest absolute Gasteiger partial charge is 0.145 e. The topological polar surface area (TPSA) is 53.1 Å². The van der Waals surface area contributed by atoms with Gasteiger partial charge in [0, 0.05) is 28.1 Å². The SMILES string of the molecule is Nc1ccc(-c2ccc3c(c2)C2(c4ccccc4O3)c3ccccc3-c3ccc(-n4c(-c5ccccc5)nc5ccccc54)cc32)cc1. The number of benzene rings is 7. The zero-order chi connectivity index (χ0) is 31.8. The fourth-order valence-corrected chi connectivity index (χ4v) is 7.95. The van der Waals surface area contributed by atoms with Gasteiger partial charge >= 0.3 is 0 Å². The second-order valence-corrected chi connectivity index (χ2v) is 12.6. The van der Waals surface area contributed by atoms with Gasteiger partial charge in [-0.1, -0.05) is 109 Å². The summed E-state index contributed by atoms with van der Waals surface area (Å²) in [7, 11) is 0. The Hall–Kier alpha value is -6.39. The van der Waals surface area contributed by atoms with E-state index in [1.807, 2.05) is 18.2 Å². The summed E-state index contributed by atoms with van der Waals surface area (Å²) in [5, 5.41) is 0. The van der Waals surface area contributed by atoms with Crippen molar-refractivity contribution in [2.24, 2.45) is 0 Å². The van der Waals surface area contributed by atoms with Gasteiger partial charge in [0.1, 0.15) is 17.3 Å². The molecule has 1 unspecified atom stereocenters. The summed E-state index contributed by atoms with van der Waals surface area (Å²) in [5.41, 5.74) is 19.8. The number of rotatable bonds is 3. The maximum absolute atomic E-state index is 6.71. The molecule has 0 fully saturated rings. The van der Waals surface area contributed by atoms with Crippen LogP contribution < -0.4 is 10.5 Å². The molecule has 48 heavy (non-hydrogen) atoms. The molecular weight excluding hydrogens is 587 g/mol. The highest BCUT2D eigenvalue weighted by molar-refractivity contribution is 5.91. The van der Waals surface area contributed by atoms with Crippen molar-refractivity contribution in [3.05, 3.63) is 186 Å². The molecule has 226 valence electrons. The van der Waals surface area contributed by atoms with Crippen LogP contribution in [0.2, 0.25) is 0 Å². The predicted molar refractivity (Wildman–Crippen MR) is 194 cm³/mol. The lowest BCUT2D eigenvalue weighted by Crippen LogP contribution is -2.32. The molecule has 1 aromatic heterocycles. The molecule has 0 amide bonds. The van der Waals surface area contributed by atoms with E-state index < -0.39 is 5.41 Å². The van der Waals surface area contributed by atoms with E-state index in [1.54, 1.807) is 0 Å². The zero-order valence-corrected chi connectivity index (χ0v) is 26.0. The number of anilines is 1. The molecule has 2 heterocycles. The molecule has 1 spiro atoms. The normalized spacial score (nSPS) is 15.4. The Morgan fingerprint density at radius 3 is 2.06 bits per heavy atom. The van der Waals surface area contributed by atoms with Crippen molar-refractivity contribution in [2.75, 3.05) is 5.73 Å². The second-order valence-electron chi connectivity index (χ2n) is 12.6. The number of imidazole rings is 1. The van der Waals surface area contributed by atoms with Gasteiger partial charge in [-0.15, -0.1) is 0 Å². The van der Waals surface area contributed by atoms with E-state index in [4.69, 9.17) is 15.5 Å². The minimum Gasteiger partial charge on any atom is -0.457 e. The molecule has 1 aliphatic carbocycles. The van der Waals surface area contributed by atoms with Crippen LogP contribution in [0, 0.1) is 0 Å². The molecule has 0 saturated heterocycles. The number of nitrogens with two attached hydrogens (primary N) is 1. The monoisotopic (exact) mass is 615 g/mol. The number of para-hydroxylation sites is 3. The van der Waals surface area contributed by atoms with Crippen LogP contribution in [-0.2, 0) is 5.41 Å². The minimum absolute atomic E-state index is 0.612. The molecule has 0 saturated carbocycles. The summed E-state index contributed by atoms with van der Waals surface area (Å²) < 4.78 is 9.01. The van der Waals surface area contributed by atoms with Gasteiger partial charge < -0.3 is 10.5 Å². The molecule has 1 atom stereocenters. The van der Waals surface area contributed by atoms with Crippen LogP contribution in [0.1, 0.15) is 22.3 Å². The first-order chi connectivity index (χ1) is 23.7. The van der Waals surface area contributed by atoms with Crippen molar-refractivity contribution in [2.45, 2.75) is 5.41 Å². The van der Waals surface area contributed by atoms with Crippen molar-refractivity contribution < 1.29 is 4.74 Å². The maximum atomic E-state index is 6.71. The van der Waals surface area contributed by atoms with Gasteiger partial charge in [-0.3, -0.25) is 4.57 Å². The number of fused-ring (bicyclic) bond motifs is 10. The van der Waals surface area contributed by atoms with Crippen LogP contribution in [0.5, 0.6) is 11.5 Å². The van der Waals surface area contributed by atoms with Crippen LogP contribution in [0.3, 0.4) is 0 Å². The van der Waals surface area contributed by atoms with Gasteiger partial charge in [-0.05, 0) is 88.0 Å². The number of ether oxygens (including phenoxy) is 1. The highest BCUT2D eigenvalue weighted by Crippen LogP contribution is 2.62. The molecule has 2 N–H and O–H groups in total. The third kappa shape index (κ3) is 3.68. The molecule has 1 aliphatic heterocycles. The van der Waals surface area contributed by atoms with E-state index in [0.717, 1.165) is 67.5 Å². The first-order valence-corrected chi connectivity index (χ1v) is 16.3. The van der Waals surface area contributed by atoms with E-state index >= 15 is 0 Å². The summed E-state index contributed by atoms with van der Waals surface area (Å²) in [4.78, 5) is 5.15. The second kappa shape index (κ2) is 10.1. The van der Waals surface area contributed by atoms with E-state index in [1.165, 1.54) is 22.3 Å². The van der Waals surface area contributed by atoms with Crippen molar-refractivity contribution in [3.63, 3.8) is 0 Å². The Kier molecular flexibility index (Phi) is 5.61. The highest BCUT2D eigenvalue weighted by atomic mass is 16.5. The number of aromatic nitrogens is 2. The maximum Gasteiger partial charge on any atom is 0.145 e. The fourth-order valence-electron chi connectivity index (χ4n) is 7.95. The molecule has 8 aromatic rings. The number of nitrogens with zero attached hydrogens (tertiary/aromatic N) is 2. The molecule has 0 radical (unpaired) electrons. The average molecular weight is 616 g/mol. The molecular formula is C44H29N3O. The zero-order valence-electron chi connectivity index (χ0n) is 26.0. The van der Waals surface area contributed by atoms with Crippen molar-refractivity contribution >= 4 is 16.7 Å². The number of hydrogen-bond acceptors (Lipinski definition) is 3. The fraction of sp³-hybridized carbons (Fsp3) is 0.0227. The van der Waals surface area contributed by atoms with Crippen molar-refractivity contribution in [1.82, 2.24) is 9.55 Å². The van der Waals surface area contributed by atoms with Crippen molar-refractivity contribution in [1.29, 1.82) is 0 Å². The summed E-state index contributed by atoms with van der Waals surface area (Å²) in [6.07, 6.45) is 0. The molecule has 7 aromatic carbocycles. The molecule has 4 heteroatoms. The van der Waals surface area contributed by atoms with Crippen LogP contribution in [0.15, 0.2) is 164 Å². The Labute approximate surface area is 278 Å². The van der Waals surface area contributed by atoms with Gasteiger partial charge in [-0.2, -0.15) is 0 Å². The lowest BCUT2D eigenvalue weighted by atomic mass is 9.65. The lowest BCUT2D eigenvalue weighted by Gasteiger charge is -2.39. The number of nitrogen functional groups attached to an aromatic ring is 1.